The average molecular weight is 229 g/mol. The van der Waals surface area contributed by atoms with Gasteiger partial charge in [-0.15, -0.1) is 0 Å². The molecule has 0 heterocycles. The maximum atomic E-state index is 5.32. The summed E-state index contributed by atoms with van der Waals surface area (Å²) in [7, 11) is 0. The predicted octanol–water partition coefficient (Wildman–Crippen LogP) is 4.02. The number of rotatable bonds is 5. The van der Waals surface area contributed by atoms with Gasteiger partial charge in [0.25, 0.3) is 0 Å². The van der Waals surface area contributed by atoms with Crippen molar-refractivity contribution in [2.24, 2.45) is 11.1 Å². The van der Waals surface area contributed by atoms with Crippen LogP contribution in [0.3, 0.4) is 0 Å². The minimum atomic E-state index is 0.533. The minimum Gasteiger partial charge on any atom is -0.391 e. The van der Waals surface area contributed by atoms with Crippen molar-refractivity contribution in [1.29, 1.82) is 0 Å². The van der Waals surface area contributed by atoms with Crippen LogP contribution in [0.2, 0.25) is 0 Å². The zero-order valence-electron chi connectivity index (χ0n) is 10.1. The summed E-state index contributed by atoms with van der Waals surface area (Å²) >= 11 is 0. The summed E-state index contributed by atoms with van der Waals surface area (Å²) in [4.78, 5) is 5.32. The fraction of sp³-hybridized carbons (Fsp3) is 0.400. The van der Waals surface area contributed by atoms with Gasteiger partial charge in [0.15, 0.2) is 0 Å². The molecule has 0 radical (unpaired) electrons. The van der Waals surface area contributed by atoms with Crippen molar-refractivity contribution in [2.75, 3.05) is 0 Å². The molecule has 0 atom stereocenters. The third kappa shape index (κ3) is 3.74. The van der Waals surface area contributed by atoms with Gasteiger partial charge in [-0.2, -0.15) is 0 Å². The SMILES string of the molecule is C=Cc1cccc(CON=CC2CCCC2)c1. The number of benzene rings is 1. The Morgan fingerprint density at radius 2 is 2.18 bits per heavy atom. The van der Waals surface area contributed by atoms with Gasteiger partial charge in [0.05, 0.1) is 0 Å². The smallest absolute Gasteiger partial charge is 0.142 e. The Morgan fingerprint density at radius 3 is 2.94 bits per heavy atom. The van der Waals surface area contributed by atoms with E-state index in [-0.39, 0.29) is 0 Å². The largest absolute Gasteiger partial charge is 0.391 e. The fourth-order valence-corrected chi connectivity index (χ4v) is 2.16. The second-order valence-electron chi connectivity index (χ2n) is 4.52. The first-order valence-electron chi connectivity index (χ1n) is 6.25. The molecule has 0 unspecified atom stereocenters. The van der Waals surface area contributed by atoms with Crippen molar-refractivity contribution < 1.29 is 4.84 Å². The third-order valence-electron chi connectivity index (χ3n) is 3.16. The predicted molar refractivity (Wildman–Crippen MR) is 71.8 cm³/mol. The lowest BCUT2D eigenvalue weighted by atomic mass is 10.1. The molecule has 1 aromatic carbocycles. The average Bonchev–Trinajstić information content (AvgIpc) is 2.88. The first-order valence-corrected chi connectivity index (χ1v) is 6.25. The van der Waals surface area contributed by atoms with Crippen LogP contribution in [-0.2, 0) is 11.4 Å². The highest BCUT2D eigenvalue weighted by Gasteiger charge is 2.12. The lowest BCUT2D eigenvalue weighted by molar-refractivity contribution is 0.130. The van der Waals surface area contributed by atoms with Gasteiger partial charge in [-0.25, -0.2) is 0 Å². The van der Waals surface area contributed by atoms with Crippen molar-refractivity contribution in [3.8, 4) is 0 Å². The molecule has 1 fully saturated rings. The molecular formula is C15H19NO. The number of oxime groups is 1. The number of nitrogens with zero attached hydrogens (tertiary/aromatic N) is 1. The highest BCUT2D eigenvalue weighted by molar-refractivity contribution is 5.60. The van der Waals surface area contributed by atoms with Crippen molar-refractivity contribution >= 4 is 12.3 Å². The summed E-state index contributed by atoms with van der Waals surface area (Å²) in [6, 6.07) is 8.14. The standard InChI is InChI=1S/C15H19NO/c1-2-13-8-5-9-15(10-13)12-17-16-11-14-6-3-4-7-14/h2,5,8-11,14H,1,3-4,6-7,12H2. The van der Waals surface area contributed by atoms with Gasteiger partial charge in [-0.3, -0.25) is 0 Å². The number of hydrogen-bond acceptors (Lipinski definition) is 2. The molecule has 1 saturated carbocycles. The molecule has 90 valence electrons. The zero-order valence-corrected chi connectivity index (χ0v) is 10.1. The molecule has 1 aliphatic rings. The number of hydrogen-bond donors (Lipinski definition) is 0. The molecule has 1 aliphatic carbocycles. The molecule has 2 rings (SSSR count). The van der Waals surface area contributed by atoms with E-state index in [1.165, 1.54) is 25.7 Å². The summed E-state index contributed by atoms with van der Waals surface area (Å²) < 4.78 is 0. The van der Waals surface area contributed by atoms with E-state index in [1.54, 1.807) is 0 Å². The van der Waals surface area contributed by atoms with Crippen molar-refractivity contribution in [3.05, 3.63) is 42.0 Å². The molecule has 0 N–H and O–H groups in total. The fourth-order valence-electron chi connectivity index (χ4n) is 2.16. The maximum absolute atomic E-state index is 5.32. The molecule has 0 bridgehead atoms. The van der Waals surface area contributed by atoms with Crippen LogP contribution < -0.4 is 0 Å². The molecule has 0 spiro atoms. The van der Waals surface area contributed by atoms with Crippen molar-refractivity contribution in [2.45, 2.75) is 32.3 Å². The van der Waals surface area contributed by atoms with Gasteiger partial charge in [-0.05, 0) is 36.0 Å². The first-order chi connectivity index (χ1) is 8.38. The molecule has 1 aromatic rings. The molecule has 2 heteroatoms. The van der Waals surface area contributed by atoms with E-state index in [1.807, 2.05) is 30.5 Å². The Morgan fingerprint density at radius 1 is 1.35 bits per heavy atom. The Bertz CT molecular complexity index is 392. The molecule has 17 heavy (non-hydrogen) atoms. The second kappa shape index (κ2) is 6.24. The Balaban J connectivity index is 1.78. The molecule has 0 aromatic heterocycles. The van der Waals surface area contributed by atoms with Crippen molar-refractivity contribution in [1.82, 2.24) is 0 Å². The van der Waals surface area contributed by atoms with Crippen LogP contribution in [0, 0.1) is 5.92 Å². The van der Waals surface area contributed by atoms with Gasteiger partial charge in [-0.1, -0.05) is 48.9 Å². The van der Waals surface area contributed by atoms with Gasteiger partial charge in [0, 0.05) is 6.21 Å². The molecule has 2 nitrogen and oxygen atoms in total. The summed E-state index contributed by atoms with van der Waals surface area (Å²) in [6.07, 6.45) is 8.99. The monoisotopic (exact) mass is 229 g/mol. The quantitative estimate of drug-likeness (QED) is 0.552. The summed E-state index contributed by atoms with van der Waals surface area (Å²) in [5.41, 5.74) is 2.25. The third-order valence-corrected chi connectivity index (χ3v) is 3.16. The lowest BCUT2D eigenvalue weighted by Gasteiger charge is -2.02. The van der Waals surface area contributed by atoms with Crippen molar-refractivity contribution in [3.63, 3.8) is 0 Å². The Kier molecular flexibility index (Phi) is 4.37. The molecule has 0 amide bonds. The van der Waals surface area contributed by atoms with Gasteiger partial charge >= 0.3 is 0 Å². The minimum absolute atomic E-state index is 0.533. The van der Waals surface area contributed by atoms with E-state index in [9.17, 15) is 0 Å². The van der Waals surface area contributed by atoms with Gasteiger partial charge in [0.1, 0.15) is 6.61 Å². The lowest BCUT2D eigenvalue weighted by Crippen LogP contribution is -1.95. The summed E-state index contributed by atoms with van der Waals surface area (Å²) in [5, 5.41) is 4.05. The summed E-state index contributed by atoms with van der Waals surface area (Å²) in [5.74, 6) is 0.634. The molecule has 0 saturated heterocycles. The van der Waals surface area contributed by atoms with E-state index in [0.717, 1.165) is 11.1 Å². The van der Waals surface area contributed by atoms with E-state index in [4.69, 9.17) is 4.84 Å². The Labute approximate surface area is 103 Å². The van der Waals surface area contributed by atoms with Crippen LogP contribution in [0.25, 0.3) is 6.08 Å². The zero-order chi connectivity index (χ0) is 11.9. The maximum Gasteiger partial charge on any atom is 0.142 e. The highest BCUT2D eigenvalue weighted by Crippen LogP contribution is 2.22. The Hall–Kier alpha value is -1.57. The van der Waals surface area contributed by atoms with Crippen LogP contribution in [-0.4, -0.2) is 6.21 Å². The van der Waals surface area contributed by atoms with Gasteiger partial charge in [0.2, 0.25) is 0 Å². The van der Waals surface area contributed by atoms with E-state index >= 15 is 0 Å². The summed E-state index contributed by atoms with van der Waals surface area (Å²) in [6.45, 7) is 4.28. The van der Waals surface area contributed by atoms with E-state index in [2.05, 4.69) is 17.8 Å². The molecule has 0 aliphatic heterocycles. The van der Waals surface area contributed by atoms with Crippen LogP contribution in [0.5, 0.6) is 0 Å². The van der Waals surface area contributed by atoms with E-state index < -0.39 is 0 Å². The van der Waals surface area contributed by atoms with Crippen LogP contribution in [0.1, 0.15) is 36.8 Å². The van der Waals surface area contributed by atoms with Crippen LogP contribution in [0.15, 0.2) is 36.0 Å². The normalized spacial score (nSPS) is 16.5. The topological polar surface area (TPSA) is 21.6 Å². The van der Waals surface area contributed by atoms with Crippen LogP contribution >= 0.6 is 0 Å². The first kappa shape index (κ1) is 11.9. The van der Waals surface area contributed by atoms with E-state index in [0.29, 0.717) is 12.5 Å². The molecular weight excluding hydrogens is 210 g/mol. The second-order valence-corrected chi connectivity index (χ2v) is 4.52. The van der Waals surface area contributed by atoms with Gasteiger partial charge < -0.3 is 4.84 Å². The van der Waals surface area contributed by atoms with Crippen LogP contribution in [0.4, 0.5) is 0 Å². The highest BCUT2D eigenvalue weighted by atomic mass is 16.6.